The van der Waals surface area contributed by atoms with Crippen LogP contribution < -0.4 is 4.74 Å². The Morgan fingerprint density at radius 3 is 2.65 bits per heavy atom. The number of hydrogen-bond donors (Lipinski definition) is 1. The number of carbonyl (C=O) groups is 1. The van der Waals surface area contributed by atoms with Gasteiger partial charge in [0.15, 0.2) is 0 Å². The number of carboxylic acids is 1. The molecule has 0 atom stereocenters. The molecule has 0 aliphatic rings. The van der Waals surface area contributed by atoms with E-state index in [-0.39, 0.29) is 24.5 Å². The van der Waals surface area contributed by atoms with E-state index < -0.39 is 18.6 Å². The van der Waals surface area contributed by atoms with Crippen LogP contribution in [-0.2, 0) is 6.42 Å². The molecule has 0 radical (unpaired) electrons. The second kappa shape index (κ2) is 7.12. The molecule has 0 fully saturated rings. The first kappa shape index (κ1) is 16.3. The summed E-state index contributed by atoms with van der Waals surface area (Å²) < 4.78 is 41.0. The fourth-order valence-electron chi connectivity index (χ4n) is 1.59. The number of alkyl halides is 3. The van der Waals surface area contributed by atoms with Gasteiger partial charge in [-0.05, 0) is 18.9 Å². The number of ether oxygens (including phenoxy) is 1. The Morgan fingerprint density at radius 1 is 1.40 bits per heavy atom. The topological polar surface area (TPSA) is 59.4 Å². The lowest BCUT2D eigenvalue weighted by Gasteiger charge is -2.09. The molecule has 0 aliphatic heterocycles. The van der Waals surface area contributed by atoms with Gasteiger partial charge in [-0.25, -0.2) is 9.78 Å². The molecule has 0 aromatic carbocycles. The summed E-state index contributed by atoms with van der Waals surface area (Å²) >= 11 is 0. The molecule has 0 aliphatic carbocycles. The lowest BCUT2D eigenvalue weighted by molar-refractivity contribution is -0.136. The first-order chi connectivity index (χ1) is 9.31. The molecular formula is C13H16F3NO3. The Balaban J connectivity index is 2.66. The normalized spacial score (nSPS) is 11.4. The van der Waals surface area contributed by atoms with E-state index in [4.69, 9.17) is 9.84 Å². The molecule has 0 spiro atoms. The smallest absolute Gasteiger partial charge is 0.389 e. The number of aromatic carboxylic acids is 1. The van der Waals surface area contributed by atoms with Crippen LogP contribution in [0.2, 0.25) is 0 Å². The third-order valence-corrected chi connectivity index (χ3v) is 2.46. The van der Waals surface area contributed by atoms with Crippen molar-refractivity contribution in [2.45, 2.75) is 38.8 Å². The van der Waals surface area contributed by atoms with Crippen LogP contribution >= 0.6 is 0 Å². The molecule has 112 valence electrons. The molecule has 0 saturated heterocycles. The molecule has 1 aromatic heterocycles. The number of rotatable bonds is 7. The highest BCUT2D eigenvalue weighted by atomic mass is 19.4. The predicted molar refractivity (Wildman–Crippen MR) is 66.0 cm³/mol. The van der Waals surface area contributed by atoms with E-state index in [1.165, 1.54) is 12.1 Å². The van der Waals surface area contributed by atoms with E-state index in [0.717, 1.165) is 6.42 Å². The van der Waals surface area contributed by atoms with Crippen molar-refractivity contribution in [3.63, 3.8) is 0 Å². The Labute approximate surface area is 114 Å². The Bertz CT molecular complexity index is 461. The fourth-order valence-corrected chi connectivity index (χ4v) is 1.59. The second-order valence-corrected chi connectivity index (χ2v) is 4.31. The number of aryl methyl sites for hydroxylation is 1. The van der Waals surface area contributed by atoms with Crippen molar-refractivity contribution in [2.24, 2.45) is 0 Å². The number of halogens is 3. The van der Waals surface area contributed by atoms with E-state index in [0.29, 0.717) is 12.1 Å². The molecule has 1 N–H and O–H groups in total. The van der Waals surface area contributed by atoms with Gasteiger partial charge in [0.1, 0.15) is 0 Å². The van der Waals surface area contributed by atoms with Crippen LogP contribution in [0.15, 0.2) is 12.1 Å². The number of nitrogens with zero attached hydrogens (tertiary/aromatic N) is 1. The highest BCUT2D eigenvalue weighted by molar-refractivity contribution is 5.88. The molecule has 1 heterocycles. The zero-order valence-electron chi connectivity index (χ0n) is 11.0. The SMILES string of the molecule is CCCc1cc(C(=O)O)cc(OCCCC(F)(F)F)n1. The molecular weight excluding hydrogens is 275 g/mol. The number of pyridine rings is 1. The van der Waals surface area contributed by atoms with Crippen LogP contribution in [0, 0.1) is 0 Å². The van der Waals surface area contributed by atoms with Crippen molar-refractivity contribution >= 4 is 5.97 Å². The van der Waals surface area contributed by atoms with Gasteiger partial charge >= 0.3 is 12.1 Å². The summed E-state index contributed by atoms with van der Waals surface area (Å²) in [5.41, 5.74) is 0.576. The van der Waals surface area contributed by atoms with E-state index in [9.17, 15) is 18.0 Å². The first-order valence-corrected chi connectivity index (χ1v) is 6.25. The van der Waals surface area contributed by atoms with Crippen molar-refractivity contribution in [3.8, 4) is 5.88 Å². The molecule has 20 heavy (non-hydrogen) atoms. The maximum atomic E-state index is 12.0. The van der Waals surface area contributed by atoms with Gasteiger partial charge in [-0.1, -0.05) is 13.3 Å². The van der Waals surface area contributed by atoms with Crippen molar-refractivity contribution in [2.75, 3.05) is 6.61 Å². The summed E-state index contributed by atoms with van der Waals surface area (Å²) in [4.78, 5) is 15.0. The average molecular weight is 291 g/mol. The van der Waals surface area contributed by atoms with E-state index in [1.807, 2.05) is 6.92 Å². The Morgan fingerprint density at radius 2 is 2.10 bits per heavy atom. The van der Waals surface area contributed by atoms with E-state index in [2.05, 4.69) is 4.98 Å². The summed E-state index contributed by atoms with van der Waals surface area (Å²) in [5, 5.41) is 8.95. The number of aromatic nitrogens is 1. The van der Waals surface area contributed by atoms with Crippen LogP contribution in [-0.4, -0.2) is 28.8 Å². The zero-order chi connectivity index (χ0) is 15.2. The van der Waals surface area contributed by atoms with Crippen molar-refractivity contribution in [1.29, 1.82) is 0 Å². The summed E-state index contributed by atoms with van der Waals surface area (Å²) in [6, 6.07) is 2.66. The minimum Gasteiger partial charge on any atom is -0.478 e. The maximum Gasteiger partial charge on any atom is 0.389 e. The van der Waals surface area contributed by atoms with Crippen molar-refractivity contribution in [1.82, 2.24) is 4.98 Å². The molecule has 0 amide bonds. The van der Waals surface area contributed by atoms with Gasteiger partial charge in [0.2, 0.25) is 5.88 Å². The largest absolute Gasteiger partial charge is 0.478 e. The number of hydrogen-bond acceptors (Lipinski definition) is 3. The maximum absolute atomic E-state index is 12.0. The standard InChI is InChI=1S/C13H16F3NO3/c1-2-4-10-7-9(12(18)19)8-11(17-10)20-6-3-5-13(14,15)16/h7-8H,2-6H2,1H3,(H,18,19). The molecule has 0 unspecified atom stereocenters. The van der Waals surface area contributed by atoms with Crippen LogP contribution in [0.1, 0.15) is 42.2 Å². The quantitative estimate of drug-likeness (QED) is 0.782. The lowest BCUT2D eigenvalue weighted by atomic mass is 10.1. The van der Waals surface area contributed by atoms with Gasteiger partial charge in [0.25, 0.3) is 0 Å². The molecule has 0 saturated carbocycles. The van der Waals surface area contributed by atoms with Gasteiger partial charge in [0, 0.05) is 18.2 Å². The number of carboxylic acid groups (broad SMARTS) is 1. The van der Waals surface area contributed by atoms with Crippen molar-refractivity contribution < 1.29 is 27.8 Å². The molecule has 7 heteroatoms. The minimum absolute atomic E-state index is 0.0225. The monoisotopic (exact) mass is 291 g/mol. The average Bonchev–Trinajstić information content (AvgIpc) is 2.33. The van der Waals surface area contributed by atoms with E-state index >= 15 is 0 Å². The van der Waals surface area contributed by atoms with Gasteiger partial charge in [0.05, 0.1) is 12.2 Å². The van der Waals surface area contributed by atoms with Gasteiger partial charge in [-0.15, -0.1) is 0 Å². The molecule has 0 bridgehead atoms. The van der Waals surface area contributed by atoms with E-state index in [1.54, 1.807) is 0 Å². The Hall–Kier alpha value is -1.79. The summed E-state index contributed by atoms with van der Waals surface area (Å²) in [5.74, 6) is -1.07. The molecule has 1 rings (SSSR count). The van der Waals surface area contributed by atoms with Gasteiger partial charge in [-0.2, -0.15) is 13.2 Å². The molecule has 1 aromatic rings. The Kier molecular flexibility index (Phi) is 5.79. The highest BCUT2D eigenvalue weighted by Crippen LogP contribution is 2.21. The highest BCUT2D eigenvalue weighted by Gasteiger charge is 2.26. The predicted octanol–water partition coefficient (Wildman–Crippen LogP) is 3.45. The third-order valence-electron chi connectivity index (χ3n) is 2.46. The second-order valence-electron chi connectivity index (χ2n) is 4.31. The van der Waals surface area contributed by atoms with Crippen LogP contribution in [0.25, 0.3) is 0 Å². The van der Waals surface area contributed by atoms with Gasteiger partial charge < -0.3 is 9.84 Å². The van der Waals surface area contributed by atoms with Crippen molar-refractivity contribution in [3.05, 3.63) is 23.4 Å². The minimum atomic E-state index is -4.22. The summed E-state index contributed by atoms with van der Waals surface area (Å²) in [6.45, 7) is 1.76. The lowest BCUT2D eigenvalue weighted by Crippen LogP contribution is -2.10. The van der Waals surface area contributed by atoms with Crippen LogP contribution in [0.4, 0.5) is 13.2 Å². The summed E-state index contributed by atoms with van der Waals surface area (Å²) in [6.07, 6.45) is -3.98. The molecule has 4 nitrogen and oxygen atoms in total. The fraction of sp³-hybridized carbons (Fsp3) is 0.538. The van der Waals surface area contributed by atoms with Crippen LogP contribution in [0.3, 0.4) is 0 Å². The van der Waals surface area contributed by atoms with Gasteiger partial charge in [-0.3, -0.25) is 0 Å². The zero-order valence-corrected chi connectivity index (χ0v) is 11.0. The first-order valence-electron chi connectivity index (χ1n) is 6.25. The third kappa shape index (κ3) is 5.90. The van der Waals surface area contributed by atoms with Crippen LogP contribution in [0.5, 0.6) is 5.88 Å². The summed E-state index contributed by atoms with van der Waals surface area (Å²) in [7, 11) is 0.